The third kappa shape index (κ3) is 6.84. The van der Waals surface area contributed by atoms with Gasteiger partial charge in [-0.2, -0.15) is 0 Å². The summed E-state index contributed by atoms with van der Waals surface area (Å²) in [7, 11) is 0. The quantitative estimate of drug-likeness (QED) is 0.223. The molecule has 0 spiro atoms. The van der Waals surface area contributed by atoms with E-state index in [1.165, 1.54) is 11.1 Å². The highest BCUT2D eigenvalue weighted by Crippen LogP contribution is 2.40. The van der Waals surface area contributed by atoms with Crippen molar-refractivity contribution in [2.45, 2.75) is 102 Å². The van der Waals surface area contributed by atoms with Gasteiger partial charge in [-0.25, -0.2) is 19.6 Å². The second-order valence-corrected chi connectivity index (χ2v) is 13.7. The topological polar surface area (TPSA) is 110 Å². The van der Waals surface area contributed by atoms with E-state index in [0.717, 1.165) is 63.3 Å². The minimum Gasteiger partial charge on any atom is -0.459 e. The Morgan fingerprint density at radius 1 is 0.646 bits per heavy atom. The average Bonchev–Trinajstić information content (AvgIpc) is 3.99. The van der Waals surface area contributed by atoms with Gasteiger partial charge in [0.2, 0.25) is 0 Å². The van der Waals surface area contributed by atoms with Crippen LogP contribution in [0.15, 0.2) is 70.9 Å². The molecular weight excluding hydrogens is 604 g/mol. The SMILES string of the molecule is CC(C)OC(=O)c1cccnc1N1CCC(c2ccc([C@@H]3CCN(c4ncccc4C(=O)OC(C)C)C3=NC3CC3)cc2)C1=NC1CC1. The highest BCUT2D eigenvalue weighted by atomic mass is 16.5. The molecule has 48 heavy (non-hydrogen) atoms. The molecule has 3 aromatic rings. The molecular formula is C38H44N6O4. The molecule has 1 unspecified atom stereocenters. The molecule has 2 aliphatic heterocycles. The van der Waals surface area contributed by atoms with Gasteiger partial charge in [0.25, 0.3) is 0 Å². The van der Waals surface area contributed by atoms with Crippen LogP contribution in [0.25, 0.3) is 0 Å². The number of ether oxygens (including phenoxy) is 2. The van der Waals surface area contributed by atoms with E-state index < -0.39 is 0 Å². The average molecular weight is 649 g/mol. The predicted molar refractivity (Wildman–Crippen MR) is 186 cm³/mol. The smallest absolute Gasteiger partial charge is 0.342 e. The first-order chi connectivity index (χ1) is 23.3. The largest absolute Gasteiger partial charge is 0.459 e. The number of hydrogen-bond acceptors (Lipinski definition) is 8. The van der Waals surface area contributed by atoms with Crippen molar-refractivity contribution in [2.75, 3.05) is 22.9 Å². The first-order valence-electron chi connectivity index (χ1n) is 17.4. The molecule has 0 radical (unpaired) electrons. The molecule has 0 bridgehead atoms. The lowest BCUT2D eigenvalue weighted by Crippen LogP contribution is -2.30. The lowest BCUT2D eigenvalue weighted by Gasteiger charge is -2.24. The molecule has 2 saturated carbocycles. The lowest BCUT2D eigenvalue weighted by atomic mass is 9.91. The molecule has 4 aliphatic rings. The van der Waals surface area contributed by atoms with Crippen molar-refractivity contribution in [3.8, 4) is 0 Å². The van der Waals surface area contributed by atoms with Crippen LogP contribution in [0.4, 0.5) is 11.6 Å². The van der Waals surface area contributed by atoms with Gasteiger partial charge in [-0.15, -0.1) is 0 Å². The number of carbonyl (C=O) groups is 2. The van der Waals surface area contributed by atoms with E-state index in [4.69, 9.17) is 19.5 Å². The summed E-state index contributed by atoms with van der Waals surface area (Å²) < 4.78 is 11.1. The van der Waals surface area contributed by atoms with Gasteiger partial charge in [0.1, 0.15) is 34.4 Å². The lowest BCUT2D eigenvalue weighted by molar-refractivity contribution is 0.0367. The Morgan fingerprint density at radius 2 is 1.04 bits per heavy atom. The van der Waals surface area contributed by atoms with Gasteiger partial charge in [-0.05, 0) is 102 Å². The van der Waals surface area contributed by atoms with E-state index >= 15 is 0 Å². The molecule has 2 saturated heterocycles. The Bertz CT molecular complexity index is 1600. The minimum atomic E-state index is -0.365. The summed E-state index contributed by atoms with van der Waals surface area (Å²) in [6.07, 6.45) is 9.11. The summed E-state index contributed by atoms with van der Waals surface area (Å²) in [4.78, 5) is 50.0. The number of aliphatic imine (C=N–C) groups is 2. The monoisotopic (exact) mass is 648 g/mol. The summed E-state index contributed by atoms with van der Waals surface area (Å²) in [5.41, 5.74) is 3.32. The van der Waals surface area contributed by atoms with Gasteiger partial charge in [-0.1, -0.05) is 24.3 Å². The van der Waals surface area contributed by atoms with Crippen molar-refractivity contribution in [2.24, 2.45) is 9.98 Å². The van der Waals surface area contributed by atoms with E-state index in [-0.39, 0.29) is 36.0 Å². The van der Waals surface area contributed by atoms with Gasteiger partial charge in [0, 0.05) is 37.3 Å². The number of amidine groups is 2. The van der Waals surface area contributed by atoms with E-state index in [2.05, 4.69) is 44.0 Å². The maximum atomic E-state index is 13.0. The van der Waals surface area contributed by atoms with Crippen molar-refractivity contribution in [1.29, 1.82) is 0 Å². The summed E-state index contributed by atoms with van der Waals surface area (Å²) >= 11 is 0. The minimum absolute atomic E-state index is 0.0957. The highest BCUT2D eigenvalue weighted by Gasteiger charge is 2.39. The Balaban J connectivity index is 1.15. The Hall–Kier alpha value is -4.60. The van der Waals surface area contributed by atoms with Crippen molar-refractivity contribution < 1.29 is 19.1 Å². The van der Waals surface area contributed by atoms with Crippen molar-refractivity contribution in [3.05, 3.63) is 83.2 Å². The number of benzene rings is 1. The van der Waals surface area contributed by atoms with Crippen LogP contribution in [0.5, 0.6) is 0 Å². The van der Waals surface area contributed by atoms with E-state index in [1.54, 1.807) is 36.7 Å². The first-order valence-corrected chi connectivity index (χ1v) is 17.4. The number of rotatable bonds is 10. The summed E-state index contributed by atoms with van der Waals surface area (Å²) in [5, 5.41) is 0. The van der Waals surface area contributed by atoms with Crippen molar-refractivity contribution in [1.82, 2.24) is 9.97 Å². The van der Waals surface area contributed by atoms with Gasteiger partial charge in [0.05, 0.1) is 24.3 Å². The normalized spacial score (nSPS) is 22.7. The third-order valence-corrected chi connectivity index (χ3v) is 9.13. The molecule has 250 valence electrons. The second-order valence-electron chi connectivity index (χ2n) is 13.7. The molecule has 4 fully saturated rings. The summed E-state index contributed by atoms with van der Waals surface area (Å²) in [6, 6.07) is 16.7. The molecule has 0 amide bonds. The zero-order valence-corrected chi connectivity index (χ0v) is 28.2. The molecule has 2 aliphatic carbocycles. The maximum absolute atomic E-state index is 13.0. The van der Waals surface area contributed by atoms with Crippen LogP contribution in [0.3, 0.4) is 0 Å². The van der Waals surface area contributed by atoms with Gasteiger partial charge in [0.15, 0.2) is 0 Å². The van der Waals surface area contributed by atoms with Crippen LogP contribution in [0.1, 0.15) is 110 Å². The zero-order valence-electron chi connectivity index (χ0n) is 28.2. The Morgan fingerprint density at radius 3 is 1.40 bits per heavy atom. The van der Waals surface area contributed by atoms with Crippen LogP contribution in [0, 0.1) is 0 Å². The van der Waals surface area contributed by atoms with Gasteiger partial charge < -0.3 is 19.3 Å². The van der Waals surface area contributed by atoms with E-state index in [1.807, 2.05) is 27.7 Å². The molecule has 10 nitrogen and oxygen atoms in total. The second kappa shape index (κ2) is 13.5. The molecule has 0 N–H and O–H groups in total. The number of nitrogens with zero attached hydrogens (tertiary/aromatic N) is 6. The number of carbonyl (C=O) groups excluding carboxylic acids is 2. The zero-order chi connectivity index (χ0) is 33.4. The Kier molecular flexibility index (Phi) is 8.98. The van der Waals surface area contributed by atoms with E-state index in [9.17, 15) is 9.59 Å². The molecule has 10 heteroatoms. The number of esters is 2. The van der Waals surface area contributed by atoms with Crippen LogP contribution >= 0.6 is 0 Å². The van der Waals surface area contributed by atoms with Gasteiger partial charge in [-0.3, -0.25) is 9.98 Å². The standard InChI is InChI=1S/C38H44N6O4/c1-23(2)47-37(45)31-7-5-19-39-33(31)43-21-17-29(35(43)41-27-13-14-27)25-9-11-26(12-10-25)30-18-22-44(36(30)42-28-15-16-28)34-32(8-6-20-40-34)38(46)48-24(3)4/h5-12,19-20,23-24,27-30H,13-18,21-22H2,1-4H3/t29-,30?/m0/s1. The van der Waals surface area contributed by atoms with Crippen LogP contribution in [-0.2, 0) is 9.47 Å². The van der Waals surface area contributed by atoms with Gasteiger partial charge >= 0.3 is 11.9 Å². The van der Waals surface area contributed by atoms with Crippen molar-refractivity contribution >= 4 is 35.2 Å². The van der Waals surface area contributed by atoms with E-state index in [0.29, 0.717) is 34.8 Å². The van der Waals surface area contributed by atoms with Crippen LogP contribution < -0.4 is 9.80 Å². The fourth-order valence-electron chi connectivity index (χ4n) is 6.60. The van der Waals surface area contributed by atoms with Crippen LogP contribution in [0.2, 0.25) is 0 Å². The molecule has 2 atom stereocenters. The number of hydrogen-bond donors (Lipinski definition) is 0. The fourth-order valence-corrected chi connectivity index (χ4v) is 6.60. The number of aromatic nitrogens is 2. The maximum Gasteiger partial charge on any atom is 0.342 e. The third-order valence-electron chi connectivity index (χ3n) is 9.13. The summed E-state index contributed by atoms with van der Waals surface area (Å²) in [5.74, 6) is 2.63. The fraction of sp³-hybridized carbons (Fsp3) is 0.474. The van der Waals surface area contributed by atoms with Crippen LogP contribution in [-0.4, -0.2) is 71.0 Å². The number of pyridine rings is 2. The molecule has 4 heterocycles. The summed E-state index contributed by atoms with van der Waals surface area (Å²) in [6.45, 7) is 8.86. The first kappa shape index (κ1) is 32.0. The van der Waals surface area contributed by atoms with Crippen molar-refractivity contribution in [3.63, 3.8) is 0 Å². The highest BCUT2D eigenvalue weighted by molar-refractivity contribution is 6.09. The Labute approximate surface area is 282 Å². The molecule has 7 rings (SSSR count). The molecule has 2 aromatic heterocycles. The predicted octanol–water partition coefficient (Wildman–Crippen LogP) is 6.72. The molecule has 1 aromatic carbocycles. The number of anilines is 2.